The molecule has 0 saturated carbocycles. The lowest BCUT2D eigenvalue weighted by molar-refractivity contribution is -0.389. The summed E-state index contributed by atoms with van der Waals surface area (Å²) in [6, 6.07) is 8.20. The molecule has 1 amide bonds. The van der Waals surface area contributed by atoms with E-state index in [1.165, 1.54) is 27.9 Å². The van der Waals surface area contributed by atoms with E-state index in [0.29, 0.717) is 35.6 Å². The van der Waals surface area contributed by atoms with Crippen LogP contribution < -0.4 is 9.64 Å². The lowest BCUT2D eigenvalue weighted by Crippen LogP contribution is -2.32. The molecule has 4 aromatic rings. The van der Waals surface area contributed by atoms with Crippen LogP contribution in [0.1, 0.15) is 5.69 Å². The Kier molecular flexibility index (Phi) is 6.32. The van der Waals surface area contributed by atoms with Crippen LogP contribution in [0.5, 0.6) is 6.01 Å². The number of hydrogen-bond acceptors (Lipinski definition) is 10. The Morgan fingerprint density at radius 2 is 2.13 bits per heavy atom. The Hall–Kier alpha value is -4.92. The number of anilines is 1. The van der Waals surface area contributed by atoms with Crippen molar-refractivity contribution in [1.82, 2.24) is 29.5 Å². The molecule has 2 aliphatic rings. The molecule has 0 spiro atoms. The maximum absolute atomic E-state index is 15.1. The lowest BCUT2D eigenvalue weighted by Gasteiger charge is -2.22. The number of rotatable bonds is 8. The molecule has 5 heterocycles. The summed E-state index contributed by atoms with van der Waals surface area (Å²) in [4.78, 5) is 32.2. The second kappa shape index (κ2) is 10.1. The zero-order valence-electron chi connectivity index (χ0n) is 20.3. The van der Waals surface area contributed by atoms with Gasteiger partial charge in [0.15, 0.2) is 0 Å². The number of carbonyl (C=O) groups excluding carboxylic acids is 1. The average molecular weight is 536 g/mol. The van der Waals surface area contributed by atoms with Gasteiger partial charge in [-0.2, -0.15) is 0 Å². The number of aromatic nitrogens is 6. The normalized spacial score (nSPS) is 18.5. The van der Waals surface area contributed by atoms with Crippen molar-refractivity contribution in [2.24, 2.45) is 0 Å². The lowest BCUT2D eigenvalue weighted by atomic mass is 10.1. The van der Waals surface area contributed by atoms with Crippen molar-refractivity contribution in [3.05, 3.63) is 76.7 Å². The topological polar surface area (TPSA) is 153 Å². The molecule has 0 bridgehead atoms. The van der Waals surface area contributed by atoms with E-state index in [2.05, 4.69) is 20.3 Å². The molecule has 1 fully saturated rings. The first kappa shape index (κ1) is 24.4. The summed E-state index contributed by atoms with van der Waals surface area (Å²) in [7, 11) is 0. The summed E-state index contributed by atoms with van der Waals surface area (Å²) in [5, 5.41) is 18.5. The van der Waals surface area contributed by atoms with Crippen molar-refractivity contribution in [2.75, 3.05) is 18.1 Å². The molecule has 14 nitrogen and oxygen atoms in total. The molecule has 2 atom stereocenters. The van der Waals surface area contributed by atoms with Crippen LogP contribution in [-0.4, -0.2) is 65.9 Å². The molecular weight excluding hydrogens is 515 g/mol. The second-order valence-electron chi connectivity index (χ2n) is 8.98. The van der Waals surface area contributed by atoms with Crippen LogP contribution in [0.2, 0.25) is 0 Å². The van der Waals surface area contributed by atoms with E-state index in [-0.39, 0.29) is 37.7 Å². The van der Waals surface area contributed by atoms with Gasteiger partial charge in [0.05, 0.1) is 43.8 Å². The van der Waals surface area contributed by atoms with Crippen LogP contribution >= 0.6 is 0 Å². The molecule has 15 heteroatoms. The van der Waals surface area contributed by atoms with Gasteiger partial charge in [-0.25, -0.2) is 13.9 Å². The number of hydrogen-bond donors (Lipinski definition) is 0. The number of fused-ring (bicyclic) bond motifs is 1. The van der Waals surface area contributed by atoms with Gasteiger partial charge in [-0.3, -0.25) is 14.5 Å². The van der Waals surface area contributed by atoms with Crippen LogP contribution in [0.4, 0.5) is 20.7 Å². The van der Waals surface area contributed by atoms with E-state index in [9.17, 15) is 14.9 Å². The molecule has 1 saturated heterocycles. The van der Waals surface area contributed by atoms with Gasteiger partial charge in [0.25, 0.3) is 0 Å². The Labute approximate surface area is 219 Å². The molecule has 1 aromatic carbocycles. The standard InChI is InChI=1S/C24H21FN8O6/c25-21-7-17(32-11-18(39-24(32)34)10-31-6-5-27-29-31)3-4-20(21)15-1-2-16(26-8-15)13-37-19-9-30-12-22(33(35)36)28-23(30)38-14-19/h1-8,12,18-19H,9-11,13-14H2. The number of halogens is 1. The number of nitrogens with zero attached hydrogens (tertiary/aromatic N) is 8. The second-order valence-corrected chi connectivity index (χ2v) is 8.98. The van der Waals surface area contributed by atoms with Crippen LogP contribution in [-0.2, 0) is 29.2 Å². The van der Waals surface area contributed by atoms with E-state index < -0.39 is 22.9 Å². The number of nitro groups is 1. The highest BCUT2D eigenvalue weighted by molar-refractivity contribution is 5.90. The van der Waals surface area contributed by atoms with Gasteiger partial charge in [0.1, 0.15) is 30.8 Å². The van der Waals surface area contributed by atoms with Gasteiger partial charge in [-0.15, -0.1) is 5.10 Å². The van der Waals surface area contributed by atoms with Crippen molar-refractivity contribution in [2.45, 2.75) is 31.9 Å². The molecule has 0 radical (unpaired) electrons. The molecule has 3 aromatic heterocycles. The van der Waals surface area contributed by atoms with Crippen molar-refractivity contribution in [1.29, 1.82) is 0 Å². The third kappa shape index (κ3) is 5.11. The summed E-state index contributed by atoms with van der Waals surface area (Å²) in [5.74, 6) is -0.786. The van der Waals surface area contributed by atoms with Gasteiger partial charge in [-0.1, -0.05) is 11.3 Å². The Morgan fingerprint density at radius 3 is 2.87 bits per heavy atom. The van der Waals surface area contributed by atoms with E-state index >= 15 is 4.39 Å². The highest BCUT2D eigenvalue weighted by Gasteiger charge is 2.33. The quantitative estimate of drug-likeness (QED) is 0.243. The van der Waals surface area contributed by atoms with E-state index in [0.717, 1.165) is 0 Å². The zero-order chi connectivity index (χ0) is 26.9. The number of imidazole rings is 1. The van der Waals surface area contributed by atoms with Crippen LogP contribution in [0.15, 0.2) is 55.1 Å². The fraction of sp³-hybridized carbons (Fsp3) is 0.292. The Morgan fingerprint density at radius 1 is 1.23 bits per heavy atom. The number of cyclic esters (lactones) is 1. The largest absolute Gasteiger partial charge is 0.443 e. The monoisotopic (exact) mass is 536 g/mol. The summed E-state index contributed by atoms with van der Waals surface area (Å²) >= 11 is 0. The minimum atomic E-state index is -0.579. The first-order valence-corrected chi connectivity index (χ1v) is 12.0. The molecule has 39 heavy (non-hydrogen) atoms. The number of benzene rings is 1. The molecule has 6 rings (SSSR count). The minimum absolute atomic E-state index is 0.175. The van der Waals surface area contributed by atoms with Crippen LogP contribution in [0.25, 0.3) is 11.1 Å². The number of ether oxygens (including phenoxy) is 3. The van der Waals surface area contributed by atoms with Gasteiger partial charge in [-0.05, 0) is 29.2 Å². The fourth-order valence-electron chi connectivity index (χ4n) is 4.40. The first-order chi connectivity index (χ1) is 18.9. The summed E-state index contributed by atoms with van der Waals surface area (Å²) < 4.78 is 34.8. The first-order valence-electron chi connectivity index (χ1n) is 12.0. The third-order valence-electron chi connectivity index (χ3n) is 6.32. The van der Waals surface area contributed by atoms with Gasteiger partial charge in [0, 0.05) is 28.5 Å². The van der Waals surface area contributed by atoms with Crippen molar-refractivity contribution in [3.8, 4) is 17.1 Å². The molecule has 2 unspecified atom stereocenters. The SMILES string of the molecule is O=C1OC(Cn2ccnn2)CN1c1ccc(-c2ccc(COC3COc4nc([N+](=O)[O-])cn4C3)nc2)c(F)c1. The maximum atomic E-state index is 15.1. The van der Waals surface area contributed by atoms with Crippen molar-refractivity contribution in [3.63, 3.8) is 0 Å². The summed E-state index contributed by atoms with van der Waals surface area (Å²) in [6.45, 7) is 1.35. The summed E-state index contributed by atoms with van der Waals surface area (Å²) in [5.41, 5.74) is 1.91. The Bertz CT molecular complexity index is 1510. The van der Waals surface area contributed by atoms with Gasteiger partial charge >= 0.3 is 17.9 Å². The fourth-order valence-corrected chi connectivity index (χ4v) is 4.40. The number of amides is 1. The zero-order valence-corrected chi connectivity index (χ0v) is 20.3. The highest BCUT2D eigenvalue weighted by atomic mass is 19.1. The molecule has 0 N–H and O–H groups in total. The average Bonchev–Trinajstić information content (AvgIpc) is 3.68. The van der Waals surface area contributed by atoms with E-state index in [4.69, 9.17) is 14.2 Å². The maximum Gasteiger partial charge on any atom is 0.414 e. The predicted octanol–water partition coefficient (Wildman–Crippen LogP) is 2.59. The van der Waals surface area contributed by atoms with Crippen LogP contribution in [0.3, 0.4) is 0 Å². The molecular formula is C24H21FN8O6. The van der Waals surface area contributed by atoms with Crippen molar-refractivity contribution >= 4 is 17.6 Å². The van der Waals surface area contributed by atoms with Gasteiger partial charge in [0.2, 0.25) is 0 Å². The van der Waals surface area contributed by atoms with Gasteiger partial charge < -0.3 is 24.3 Å². The van der Waals surface area contributed by atoms with E-state index in [1.807, 2.05) is 0 Å². The third-order valence-corrected chi connectivity index (χ3v) is 6.32. The van der Waals surface area contributed by atoms with Crippen molar-refractivity contribution < 1.29 is 28.3 Å². The smallest absolute Gasteiger partial charge is 0.414 e. The number of carbonyl (C=O) groups is 1. The van der Waals surface area contributed by atoms with E-state index in [1.54, 1.807) is 41.3 Å². The van der Waals surface area contributed by atoms with Crippen LogP contribution in [0, 0.1) is 15.9 Å². The molecule has 200 valence electrons. The predicted molar refractivity (Wildman–Crippen MR) is 130 cm³/mol. The number of pyridine rings is 1. The summed E-state index contributed by atoms with van der Waals surface area (Å²) in [6.07, 6.45) is 4.74. The molecule has 0 aliphatic carbocycles. The highest BCUT2D eigenvalue weighted by Crippen LogP contribution is 2.29. The minimum Gasteiger partial charge on any atom is -0.443 e. The molecule has 2 aliphatic heterocycles. The Balaban J connectivity index is 1.06.